The first-order valence-corrected chi connectivity index (χ1v) is 12.1. The molecular weight excluding hydrogens is 396 g/mol. The molecule has 0 saturated heterocycles. The van der Waals surface area contributed by atoms with E-state index in [2.05, 4.69) is 30.1 Å². The number of hydrogen-bond acceptors (Lipinski definition) is 2. The maximum atomic E-state index is 10.8. The van der Waals surface area contributed by atoms with E-state index in [9.17, 15) is 9.90 Å². The van der Waals surface area contributed by atoms with Crippen LogP contribution in [-0.2, 0) is 4.79 Å². The van der Waals surface area contributed by atoms with Crippen molar-refractivity contribution in [3.8, 4) is 11.8 Å². The molecule has 3 nitrogen and oxygen atoms in total. The summed E-state index contributed by atoms with van der Waals surface area (Å²) in [7, 11) is 0. The largest absolute Gasteiger partial charge is 0.481 e. The van der Waals surface area contributed by atoms with Gasteiger partial charge < -0.3 is 10.2 Å². The van der Waals surface area contributed by atoms with Crippen molar-refractivity contribution in [2.24, 2.45) is 11.3 Å². The Morgan fingerprint density at radius 1 is 1.16 bits per heavy atom. The van der Waals surface area contributed by atoms with E-state index in [1.54, 1.807) is 0 Å². The van der Waals surface area contributed by atoms with Crippen molar-refractivity contribution in [2.45, 2.75) is 76.7 Å². The standard InChI is InChI=1S/C29H36O3/c30-27(29(22-11-23-29)21-10-14-24-12-2-1-3-13-24)19-8-6-17-25-15-4-5-16-26(25)18-7-9-20-28(31)32/h1-3,6,8,12-13,17-19,25,27,30H,4-5,7,9,11,15-16,20-23H2,(H,31,32)/t25-,27?/m0/s1. The third kappa shape index (κ3) is 7.24. The van der Waals surface area contributed by atoms with Gasteiger partial charge in [-0.1, -0.05) is 78.8 Å². The van der Waals surface area contributed by atoms with Gasteiger partial charge in [-0.3, -0.25) is 4.79 Å². The van der Waals surface area contributed by atoms with Gasteiger partial charge in [0.15, 0.2) is 0 Å². The first-order valence-electron chi connectivity index (χ1n) is 12.1. The third-order valence-electron chi connectivity index (χ3n) is 6.88. The summed E-state index contributed by atoms with van der Waals surface area (Å²) in [6, 6.07) is 10.0. The third-order valence-corrected chi connectivity index (χ3v) is 6.88. The minimum absolute atomic E-state index is 0.105. The molecule has 3 rings (SSSR count). The van der Waals surface area contributed by atoms with Gasteiger partial charge in [-0.2, -0.15) is 0 Å². The van der Waals surface area contributed by atoms with E-state index >= 15 is 0 Å². The summed E-state index contributed by atoms with van der Waals surface area (Å²) in [5.41, 5.74) is 2.36. The molecule has 2 aliphatic rings. The number of aliphatic hydroxyl groups excluding tert-OH is 1. The van der Waals surface area contributed by atoms with Gasteiger partial charge in [0.25, 0.3) is 0 Å². The van der Waals surface area contributed by atoms with Crippen molar-refractivity contribution >= 4 is 5.97 Å². The molecule has 32 heavy (non-hydrogen) atoms. The second-order valence-corrected chi connectivity index (χ2v) is 9.19. The smallest absolute Gasteiger partial charge is 0.303 e. The minimum Gasteiger partial charge on any atom is -0.481 e. The fourth-order valence-electron chi connectivity index (χ4n) is 4.70. The molecule has 1 unspecified atom stereocenters. The number of benzene rings is 1. The van der Waals surface area contributed by atoms with Gasteiger partial charge in [0.05, 0.1) is 6.10 Å². The summed E-state index contributed by atoms with van der Waals surface area (Å²) in [5, 5.41) is 19.6. The minimum atomic E-state index is -0.720. The Morgan fingerprint density at radius 3 is 2.69 bits per heavy atom. The van der Waals surface area contributed by atoms with Crippen LogP contribution in [0.3, 0.4) is 0 Å². The summed E-state index contributed by atoms with van der Waals surface area (Å²) >= 11 is 0. The SMILES string of the molecule is O=C(O)CCCC=C1CCCC[C@H]1C=CC=CC(O)C1(CC#Cc2ccccc2)CCC1. The zero-order valence-corrected chi connectivity index (χ0v) is 19.0. The second-order valence-electron chi connectivity index (χ2n) is 9.19. The second kappa shape index (κ2) is 12.5. The van der Waals surface area contributed by atoms with E-state index in [-0.39, 0.29) is 11.8 Å². The van der Waals surface area contributed by atoms with Crippen molar-refractivity contribution in [3.63, 3.8) is 0 Å². The Labute approximate surface area is 192 Å². The van der Waals surface area contributed by atoms with Crippen molar-refractivity contribution in [3.05, 3.63) is 71.8 Å². The van der Waals surface area contributed by atoms with E-state index in [4.69, 9.17) is 5.11 Å². The van der Waals surface area contributed by atoms with E-state index in [1.807, 2.05) is 42.5 Å². The summed E-state index contributed by atoms with van der Waals surface area (Å²) in [6.45, 7) is 0. The van der Waals surface area contributed by atoms with Crippen molar-refractivity contribution < 1.29 is 15.0 Å². The Balaban J connectivity index is 1.53. The molecule has 2 fully saturated rings. The van der Waals surface area contributed by atoms with Crippen LogP contribution < -0.4 is 0 Å². The molecule has 1 aromatic rings. The molecule has 0 bridgehead atoms. The first kappa shape index (κ1) is 24.1. The fraction of sp³-hybridized carbons (Fsp3) is 0.483. The quantitative estimate of drug-likeness (QED) is 0.204. The van der Waals surface area contributed by atoms with Crippen LogP contribution in [0.4, 0.5) is 0 Å². The van der Waals surface area contributed by atoms with Gasteiger partial charge in [0.1, 0.15) is 0 Å². The predicted octanol–water partition coefficient (Wildman–Crippen LogP) is 6.44. The Morgan fingerprint density at radius 2 is 1.97 bits per heavy atom. The summed E-state index contributed by atoms with van der Waals surface area (Å²) in [4.78, 5) is 10.7. The highest BCUT2D eigenvalue weighted by Gasteiger charge is 2.41. The maximum absolute atomic E-state index is 10.8. The van der Waals surface area contributed by atoms with Crippen molar-refractivity contribution in [2.75, 3.05) is 0 Å². The molecule has 0 heterocycles. The fourth-order valence-corrected chi connectivity index (χ4v) is 4.70. The number of aliphatic hydroxyl groups is 1. The molecule has 0 amide bonds. The molecule has 2 atom stereocenters. The Bertz CT molecular complexity index is 878. The number of unbranched alkanes of at least 4 members (excludes halogenated alkanes) is 1. The highest BCUT2D eigenvalue weighted by Crippen LogP contribution is 2.47. The average molecular weight is 433 g/mol. The van der Waals surface area contributed by atoms with Gasteiger partial charge in [-0.25, -0.2) is 0 Å². The molecule has 0 radical (unpaired) electrons. The first-order chi connectivity index (χ1) is 15.6. The van der Waals surface area contributed by atoms with Crippen molar-refractivity contribution in [1.29, 1.82) is 0 Å². The number of aliphatic carboxylic acids is 1. The van der Waals surface area contributed by atoms with Gasteiger partial charge >= 0.3 is 5.97 Å². The lowest BCUT2D eigenvalue weighted by Crippen LogP contribution is -2.40. The van der Waals surface area contributed by atoms with Crippen LogP contribution >= 0.6 is 0 Å². The van der Waals surface area contributed by atoms with Crippen LogP contribution in [0.25, 0.3) is 0 Å². The highest BCUT2D eigenvalue weighted by atomic mass is 16.4. The molecule has 0 spiro atoms. The van der Waals surface area contributed by atoms with Crippen LogP contribution in [-0.4, -0.2) is 22.3 Å². The molecular formula is C29H36O3. The molecule has 0 aliphatic heterocycles. The summed E-state index contributed by atoms with van der Waals surface area (Å²) in [6.07, 6.45) is 20.5. The van der Waals surface area contributed by atoms with Crippen LogP contribution in [0.2, 0.25) is 0 Å². The van der Waals surface area contributed by atoms with Crippen LogP contribution in [0.5, 0.6) is 0 Å². The maximum Gasteiger partial charge on any atom is 0.303 e. The van der Waals surface area contributed by atoms with E-state index in [0.717, 1.165) is 50.5 Å². The predicted molar refractivity (Wildman–Crippen MR) is 130 cm³/mol. The van der Waals surface area contributed by atoms with Crippen LogP contribution in [0.15, 0.2) is 66.3 Å². The number of rotatable bonds is 9. The van der Waals surface area contributed by atoms with Gasteiger partial charge in [-0.15, -0.1) is 0 Å². The van der Waals surface area contributed by atoms with Gasteiger partial charge in [0, 0.05) is 23.8 Å². The number of carboxylic acids is 1. The zero-order chi connectivity index (χ0) is 22.7. The number of allylic oxidation sites excluding steroid dienone is 5. The molecule has 170 valence electrons. The molecule has 2 N–H and O–H groups in total. The average Bonchev–Trinajstić information content (AvgIpc) is 2.77. The molecule has 2 aliphatic carbocycles. The summed E-state index contributed by atoms with van der Waals surface area (Å²) in [5.74, 6) is 6.24. The molecule has 0 aromatic heterocycles. The molecule has 3 heteroatoms. The monoisotopic (exact) mass is 432 g/mol. The van der Waals surface area contributed by atoms with E-state index < -0.39 is 12.1 Å². The van der Waals surface area contributed by atoms with E-state index in [1.165, 1.54) is 18.4 Å². The van der Waals surface area contributed by atoms with Gasteiger partial charge in [-0.05, 0) is 63.0 Å². The van der Waals surface area contributed by atoms with Gasteiger partial charge in [0.2, 0.25) is 0 Å². The topological polar surface area (TPSA) is 57.5 Å². The zero-order valence-electron chi connectivity index (χ0n) is 19.0. The Kier molecular flexibility index (Phi) is 9.38. The Hall–Kier alpha value is -2.57. The number of hydrogen-bond donors (Lipinski definition) is 2. The molecule has 2 saturated carbocycles. The van der Waals surface area contributed by atoms with Crippen LogP contribution in [0, 0.1) is 23.2 Å². The number of carbonyl (C=O) groups is 1. The van der Waals surface area contributed by atoms with Crippen molar-refractivity contribution in [1.82, 2.24) is 0 Å². The van der Waals surface area contributed by atoms with E-state index in [0.29, 0.717) is 12.3 Å². The molecule has 1 aromatic carbocycles. The normalized spacial score (nSPS) is 22.4. The van der Waals surface area contributed by atoms with Crippen LogP contribution in [0.1, 0.15) is 76.2 Å². The summed E-state index contributed by atoms with van der Waals surface area (Å²) < 4.78 is 0. The lowest BCUT2D eigenvalue weighted by Gasteiger charge is -2.43. The lowest BCUT2D eigenvalue weighted by molar-refractivity contribution is -0.137. The number of carboxylic acid groups (broad SMARTS) is 1. The highest BCUT2D eigenvalue weighted by molar-refractivity contribution is 5.66. The lowest BCUT2D eigenvalue weighted by atomic mass is 9.63.